The summed E-state index contributed by atoms with van der Waals surface area (Å²) in [5.74, 6) is 1.74. The second-order valence-electron chi connectivity index (χ2n) is 5.20. The van der Waals surface area contributed by atoms with Crippen molar-refractivity contribution in [3.63, 3.8) is 0 Å². The van der Waals surface area contributed by atoms with Crippen molar-refractivity contribution in [2.24, 2.45) is 11.8 Å². The van der Waals surface area contributed by atoms with Crippen LogP contribution in [-0.2, 0) is 4.74 Å². The Morgan fingerprint density at radius 1 is 1.33 bits per heavy atom. The van der Waals surface area contributed by atoms with Gasteiger partial charge in [0.25, 0.3) is 0 Å². The van der Waals surface area contributed by atoms with Gasteiger partial charge in [0.15, 0.2) is 0 Å². The van der Waals surface area contributed by atoms with E-state index in [-0.39, 0.29) is 0 Å². The van der Waals surface area contributed by atoms with Crippen LogP contribution in [0.3, 0.4) is 0 Å². The van der Waals surface area contributed by atoms with Crippen molar-refractivity contribution in [3.05, 3.63) is 0 Å². The quantitative estimate of drug-likeness (QED) is 0.737. The third-order valence-electron chi connectivity index (χ3n) is 3.88. The van der Waals surface area contributed by atoms with E-state index in [0.29, 0.717) is 6.10 Å². The highest BCUT2D eigenvalue weighted by Gasteiger charge is 2.25. The van der Waals surface area contributed by atoms with Gasteiger partial charge in [-0.15, -0.1) is 0 Å². The predicted molar refractivity (Wildman–Crippen MR) is 62.0 cm³/mol. The summed E-state index contributed by atoms with van der Waals surface area (Å²) >= 11 is 0. The monoisotopic (exact) mass is 212 g/mol. The van der Waals surface area contributed by atoms with E-state index in [9.17, 15) is 0 Å². The fraction of sp³-hybridized carbons (Fsp3) is 1.00. The molecule has 88 valence electrons. The first-order valence-electron chi connectivity index (χ1n) is 6.30. The van der Waals surface area contributed by atoms with Crippen LogP contribution in [0, 0.1) is 11.8 Å². The van der Waals surface area contributed by atoms with Crippen molar-refractivity contribution in [1.29, 1.82) is 0 Å². The number of nitrogens with one attached hydrogen (secondary N) is 1. The second kappa shape index (κ2) is 5.28. The average molecular weight is 212 g/mol. The van der Waals surface area contributed by atoms with Gasteiger partial charge in [-0.2, -0.15) is 0 Å². The SMILES string of the molecule is CC1CCN(CC2CNCCO2)CC1C. The van der Waals surface area contributed by atoms with Crippen LogP contribution >= 0.6 is 0 Å². The molecule has 15 heavy (non-hydrogen) atoms. The Labute approximate surface area is 93.2 Å². The summed E-state index contributed by atoms with van der Waals surface area (Å²) in [5, 5.41) is 3.39. The van der Waals surface area contributed by atoms with Gasteiger partial charge in [0, 0.05) is 26.2 Å². The fourth-order valence-corrected chi connectivity index (χ4v) is 2.54. The van der Waals surface area contributed by atoms with Crippen LogP contribution in [0.15, 0.2) is 0 Å². The molecule has 1 N–H and O–H groups in total. The van der Waals surface area contributed by atoms with Gasteiger partial charge in [-0.05, 0) is 24.8 Å². The van der Waals surface area contributed by atoms with Crippen molar-refractivity contribution < 1.29 is 4.74 Å². The zero-order chi connectivity index (χ0) is 10.7. The van der Waals surface area contributed by atoms with E-state index in [1.165, 1.54) is 19.5 Å². The van der Waals surface area contributed by atoms with Gasteiger partial charge in [0.2, 0.25) is 0 Å². The third kappa shape index (κ3) is 3.16. The van der Waals surface area contributed by atoms with Gasteiger partial charge >= 0.3 is 0 Å². The number of hydrogen-bond acceptors (Lipinski definition) is 3. The molecule has 0 aromatic carbocycles. The normalized spacial score (nSPS) is 39.2. The van der Waals surface area contributed by atoms with Crippen molar-refractivity contribution in [2.75, 3.05) is 39.3 Å². The maximum absolute atomic E-state index is 5.74. The Kier molecular flexibility index (Phi) is 4.00. The van der Waals surface area contributed by atoms with E-state index >= 15 is 0 Å². The zero-order valence-electron chi connectivity index (χ0n) is 10.0. The summed E-state index contributed by atoms with van der Waals surface area (Å²) < 4.78 is 5.74. The molecular formula is C12H24N2O. The molecule has 0 spiro atoms. The average Bonchev–Trinajstić information content (AvgIpc) is 2.25. The molecule has 3 unspecified atom stereocenters. The van der Waals surface area contributed by atoms with Crippen molar-refractivity contribution >= 4 is 0 Å². The molecule has 2 aliphatic heterocycles. The molecule has 3 atom stereocenters. The molecular weight excluding hydrogens is 188 g/mol. The first-order chi connectivity index (χ1) is 7.25. The highest BCUT2D eigenvalue weighted by Crippen LogP contribution is 2.22. The molecule has 2 aliphatic rings. The van der Waals surface area contributed by atoms with Crippen LogP contribution in [0.1, 0.15) is 20.3 Å². The van der Waals surface area contributed by atoms with Gasteiger partial charge in [-0.1, -0.05) is 13.8 Å². The lowest BCUT2D eigenvalue weighted by atomic mass is 9.88. The first kappa shape index (κ1) is 11.4. The van der Waals surface area contributed by atoms with Gasteiger partial charge < -0.3 is 15.0 Å². The Morgan fingerprint density at radius 3 is 2.87 bits per heavy atom. The molecule has 3 nitrogen and oxygen atoms in total. The molecule has 2 fully saturated rings. The van der Waals surface area contributed by atoms with Crippen LogP contribution in [0.25, 0.3) is 0 Å². The number of nitrogens with zero attached hydrogens (tertiary/aromatic N) is 1. The Balaban J connectivity index is 1.74. The molecule has 0 bridgehead atoms. The fourth-order valence-electron chi connectivity index (χ4n) is 2.54. The van der Waals surface area contributed by atoms with Crippen LogP contribution < -0.4 is 5.32 Å². The minimum Gasteiger partial charge on any atom is -0.374 e. The smallest absolute Gasteiger partial charge is 0.0826 e. The largest absolute Gasteiger partial charge is 0.374 e. The molecule has 0 aliphatic carbocycles. The van der Waals surface area contributed by atoms with Crippen LogP contribution in [-0.4, -0.2) is 50.3 Å². The number of hydrogen-bond donors (Lipinski definition) is 1. The summed E-state index contributed by atoms with van der Waals surface area (Å²) in [5.41, 5.74) is 0. The van der Waals surface area contributed by atoms with Crippen molar-refractivity contribution in [2.45, 2.75) is 26.4 Å². The summed E-state index contributed by atoms with van der Waals surface area (Å²) in [4.78, 5) is 2.57. The van der Waals surface area contributed by atoms with Crippen molar-refractivity contribution in [1.82, 2.24) is 10.2 Å². The van der Waals surface area contributed by atoms with E-state index in [0.717, 1.165) is 38.1 Å². The van der Waals surface area contributed by atoms with E-state index in [2.05, 4.69) is 24.1 Å². The third-order valence-corrected chi connectivity index (χ3v) is 3.88. The lowest BCUT2D eigenvalue weighted by Crippen LogP contribution is -2.48. The second-order valence-corrected chi connectivity index (χ2v) is 5.20. The molecule has 0 aromatic heterocycles. The first-order valence-corrected chi connectivity index (χ1v) is 6.30. The number of rotatable bonds is 2. The van der Waals surface area contributed by atoms with Crippen LogP contribution in [0.2, 0.25) is 0 Å². The van der Waals surface area contributed by atoms with Crippen LogP contribution in [0.4, 0.5) is 0 Å². The van der Waals surface area contributed by atoms with Gasteiger partial charge in [-0.3, -0.25) is 0 Å². The Morgan fingerprint density at radius 2 is 2.20 bits per heavy atom. The van der Waals surface area contributed by atoms with Crippen LogP contribution in [0.5, 0.6) is 0 Å². The maximum Gasteiger partial charge on any atom is 0.0826 e. The zero-order valence-corrected chi connectivity index (χ0v) is 10.0. The summed E-state index contributed by atoms with van der Waals surface area (Å²) in [6.07, 6.45) is 1.76. The Bertz CT molecular complexity index is 192. The van der Waals surface area contributed by atoms with E-state index in [1.807, 2.05) is 0 Å². The standard InChI is InChI=1S/C12H24N2O/c1-10-3-5-14(8-11(10)2)9-12-7-13-4-6-15-12/h10-13H,3-9H2,1-2H3. The molecule has 3 heteroatoms. The van der Waals surface area contributed by atoms with Gasteiger partial charge in [0.1, 0.15) is 0 Å². The van der Waals surface area contributed by atoms with Crippen molar-refractivity contribution in [3.8, 4) is 0 Å². The number of morpholine rings is 1. The minimum absolute atomic E-state index is 0.416. The minimum atomic E-state index is 0.416. The highest BCUT2D eigenvalue weighted by molar-refractivity contribution is 4.79. The molecule has 0 amide bonds. The number of piperidine rings is 1. The van der Waals surface area contributed by atoms with E-state index in [4.69, 9.17) is 4.74 Å². The molecule has 2 rings (SSSR count). The maximum atomic E-state index is 5.74. The summed E-state index contributed by atoms with van der Waals surface area (Å²) in [6.45, 7) is 11.3. The number of likely N-dealkylation sites (tertiary alicyclic amines) is 1. The topological polar surface area (TPSA) is 24.5 Å². The molecule has 0 radical (unpaired) electrons. The summed E-state index contributed by atoms with van der Waals surface area (Å²) in [7, 11) is 0. The van der Waals surface area contributed by atoms with Gasteiger partial charge in [-0.25, -0.2) is 0 Å². The predicted octanol–water partition coefficient (Wildman–Crippen LogP) is 0.953. The summed E-state index contributed by atoms with van der Waals surface area (Å²) in [6, 6.07) is 0. The Hall–Kier alpha value is -0.120. The molecule has 2 saturated heterocycles. The van der Waals surface area contributed by atoms with E-state index < -0.39 is 0 Å². The number of ether oxygens (including phenoxy) is 1. The molecule has 0 aromatic rings. The van der Waals surface area contributed by atoms with Gasteiger partial charge in [0.05, 0.1) is 12.7 Å². The highest BCUT2D eigenvalue weighted by atomic mass is 16.5. The van der Waals surface area contributed by atoms with E-state index in [1.54, 1.807) is 0 Å². The molecule has 2 heterocycles. The lowest BCUT2D eigenvalue weighted by molar-refractivity contribution is -0.00588. The lowest BCUT2D eigenvalue weighted by Gasteiger charge is -2.37. The molecule has 0 saturated carbocycles.